The van der Waals surface area contributed by atoms with E-state index in [4.69, 9.17) is 17.3 Å². The first-order valence-electron chi connectivity index (χ1n) is 8.88. The number of carbonyl (C=O) groups excluding carboxylic acids is 2. The standard InChI is InChI=1S/C20H22ClN5O2/c1-12(2)16(18(22)27)23-19(28)17-13(3)20(25-10-4-5-11-25)26(24-17)15-8-6-14(21)7-9-15/h4-12,16H,1-3H3,(H2,22,27)(H,23,28)/t16-/m0/s1. The van der Waals surface area contributed by atoms with Crippen molar-refractivity contribution in [3.63, 3.8) is 0 Å². The van der Waals surface area contributed by atoms with E-state index in [9.17, 15) is 9.59 Å². The quantitative estimate of drug-likeness (QED) is 0.667. The molecule has 3 N–H and O–H groups in total. The molecule has 1 aromatic carbocycles. The van der Waals surface area contributed by atoms with Crippen molar-refractivity contribution in [2.75, 3.05) is 0 Å². The fraction of sp³-hybridized carbons (Fsp3) is 0.250. The number of hydrogen-bond donors (Lipinski definition) is 2. The number of nitrogens with one attached hydrogen (secondary N) is 1. The minimum atomic E-state index is -0.775. The molecule has 146 valence electrons. The molecule has 8 heteroatoms. The van der Waals surface area contributed by atoms with Crippen LogP contribution in [0, 0.1) is 12.8 Å². The fourth-order valence-electron chi connectivity index (χ4n) is 3.02. The molecule has 3 rings (SSSR count). The van der Waals surface area contributed by atoms with E-state index in [-0.39, 0.29) is 11.6 Å². The predicted octanol–water partition coefficient (Wildman–Crippen LogP) is 2.86. The zero-order valence-electron chi connectivity index (χ0n) is 15.9. The Morgan fingerprint density at radius 1 is 1.14 bits per heavy atom. The molecular formula is C20H22ClN5O2. The molecule has 0 fully saturated rings. The summed E-state index contributed by atoms with van der Waals surface area (Å²) in [5.41, 5.74) is 7.08. The zero-order valence-corrected chi connectivity index (χ0v) is 16.6. The van der Waals surface area contributed by atoms with Gasteiger partial charge in [0.05, 0.1) is 5.69 Å². The molecule has 0 unspecified atom stereocenters. The minimum Gasteiger partial charge on any atom is -0.368 e. The maximum absolute atomic E-state index is 12.9. The molecule has 0 saturated heterocycles. The summed E-state index contributed by atoms with van der Waals surface area (Å²) in [4.78, 5) is 24.6. The SMILES string of the molecule is Cc1c(C(=O)N[C@H](C(N)=O)C(C)C)nn(-c2ccc(Cl)cc2)c1-n1cccc1. The Balaban J connectivity index is 2.08. The number of aromatic nitrogens is 3. The van der Waals surface area contributed by atoms with Crippen molar-refractivity contribution in [1.29, 1.82) is 0 Å². The van der Waals surface area contributed by atoms with Gasteiger partial charge in [0.2, 0.25) is 5.91 Å². The molecule has 0 aliphatic heterocycles. The second kappa shape index (κ2) is 7.90. The highest BCUT2D eigenvalue weighted by Gasteiger charge is 2.27. The monoisotopic (exact) mass is 399 g/mol. The van der Waals surface area contributed by atoms with Crippen molar-refractivity contribution in [2.24, 2.45) is 11.7 Å². The van der Waals surface area contributed by atoms with Gasteiger partial charge in [-0.2, -0.15) is 5.10 Å². The van der Waals surface area contributed by atoms with Gasteiger partial charge in [-0.1, -0.05) is 25.4 Å². The average molecular weight is 400 g/mol. The summed E-state index contributed by atoms with van der Waals surface area (Å²) in [5.74, 6) is -0.443. The van der Waals surface area contributed by atoms with Gasteiger partial charge in [-0.15, -0.1) is 0 Å². The number of halogens is 1. The molecule has 2 heterocycles. The van der Waals surface area contributed by atoms with Gasteiger partial charge < -0.3 is 15.6 Å². The number of nitrogens with two attached hydrogens (primary N) is 1. The van der Waals surface area contributed by atoms with E-state index < -0.39 is 17.9 Å². The molecule has 0 radical (unpaired) electrons. The van der Waals surface area contributed by atoms with Crippen LogP contribution in [0.4, 0.5) is 0 Å². The van der Waals surface area contributed by atoms with Gasteiger partial charge in [0.1, 0.15) is 11.9 Å². The average Bonchev–Trinajstić information content (AvgIpc) is 3.27. The molecule has 0 bridgehead atoms. The van der Waals surface area contributed by atoms with E-state index in [1.165, 1.54) is 0 Å². The lowest BCUT2D eigenvalue weighted by molar-refractivity contribution is -0.120. The van der Waals surface area contributed by atoms with Crippen LogP contribution in [0.15, 0.2) is 48.8 Å². The number of benzene rings is 1. The van der Waals surface area contributed by atoms with Crippen LogP contribution in [-0.4, -0.2) is 32.2 Å². The largest absolute Gasteiger partial charge is 0.368 e. The van der Waals surface area contributed by atoms with Gasteiger partial charge in [0.15, 0.2) is 5.69 Å². The van der Waals surface area contributed by atoms with Crippen LogP contribution in [0.2, 0.25) is 5.02 Å². The number of rotatable bonds is 6. The topological polar surface area (TPSA) is 94.9 Å². The van der Waals surface area contributed by atoms with Gasteiger partial charge in [-0.3, -0.25) is 9.59 Å². The zero-order chi connectivity index (χ0) is 20.4. The molecule has 2 amide bonds. The summed E-state index contributed by atoms with van der Waals surface area (Å²) in [7, 11) is 0. The molecule has 0 aliphatic rings. The van der Waals surface area contributed by atoms with Crippen LogP contribution in [0.25, 0.3) is 11.5 Å². The normalized spacial score (nSPS) is 12.2. The third kappa shape index (κ3) is 3.80. The highest BCUT2D eigenvalue weighted by molar-refractivity contribution is 6.30. The Morgan fingerprint density at radius 3 is 2.29 bits per heavy atom. The van der Waals surface area contributed by atoms with E-state index in [0.717, 1.165) is 11.5 Å². The summed E-state index contributed by atoms with van der Waals surface area (Å²) in [5, 5.41) is 7.83. The first kappa shape index (κ1) is 19.7. The Morgan fingerprint density at radius 2 is 1.75 bits per heavy atom. The summed E-state index contributed by atoms with van der Waals surface area (Å²) in [6, 6.07) is 10.2. The Hall–Kier alpha value is -3.06. The van der Waals surface area contributed by atoms with Gasteiger partial charge in [-0.25, -0.2) is 4.68 Å². The van der Waals surface area contributed by atoms with Crippen LogP contribution < -0.4 is 11.1 Å². The lowest BCUT2D eigenvalue weighted by Crippen LogP contribution is -2.47. The molecule has 7 nitrogen and oxygen atoms in total. The molecule has 3 aromatic rings. The predicted molar refractivity (Wildman–Crippen MR) is 108 cm³/mol. The van der Waals surface area contributed by atoms with Gasteiger partial charge in [0.25, 0.3) is 5.91 Å². The Kier molecular flexibility index (Phi) is 5.56. The first-order valence-corrected chi connectivity index (χ1v) is 9.26. The van der Waals surface area contributed by atoms with Crippen LogP contribution in [-0.2, 0) is 4.79 Å². The fourth-order valence-corrected chi connectivity index (χ4v) is 3.15. The van der Waals surface area contributed by atoms with Crippen LogP contribution in [0.5, 0.6) is 0 Å². The summed E-state index contributed by atoms with van der Waals surface area (Å²) in [6.45, 7) is 5.46. The number of nitrogens with zero attached hydrogens (tertiary/aromatic N) is 3. The molecule has 0 saturated carbocycles. The number of hydrogen-bond acceptors (Lipinski definition) is 3. The Labute approximate surface area is 168 Å². The van der Waals surface area contributed by atoms with Crippen LogP contribution in [0.3, 0.4) is 0 Å². The summed E-state index contributed by atoms with van der Waals surface area (Å²) in [6.07, 6.45) is 3.75. The van der Waals surface area contributed by atoms with E-state index >= 15 is 0 Å². The highest BCUT2D eigenvalue weighted by Crippen LogP contribution is 2.24. The first-order chi connectivity index (χ1) is 13.3. The summed E-state index contributed by atoms with van der Waals surface area (Å²) < 4.78 is 3.55. The second-order valence-corrected chi connectivity index (χ2v) is 7.31. The number of primary amides is 1. The maximum atomic E-state index is 12.9. The lowest BCUT2D eigenvalue weighted by Gasteiger charge is -2.18. The number of carbonyl (C=O) groups is 2. The molecular weight excluding hydrogens is 378 g/mol. The number of amides is 2. The van der Waals surface area contributed by atoms with E-state index in [0.29, 0.717) is 10.6 Å². The van der Waals surface area contributed by atoms with Crippen molar-refractivity contribution in [3.8, 4) is 11.5 Å². The maximum Gasteiger partial charge on any atom is 0.272 e. The molecule has 2 aromatic heterocycles. The third-order valence-electron chi connectivity index (χ3n) is 4.49. The van der Waals surface area contributed by atoms with Crippen molar-refractivity contribution in [2.45, 2.75) is 26.8 Å². The highest BCUT2D eigenvalue weighted by atomic mass is 35.5. The van der Waals surface area contributed by atoms with E-state index in [1.807, 2.05) is 62.0 Å². The lowest BCUT2D eigenvalue weighted by atomic mass is 10.0. The van der Waals surface area contributed by atoms with Crippen molar-refractivity contribution in [1.82, 2.24) is 19.7 Å². The van der Waals surface area contributed by atoms with Crippen LogP contribution >= 0.6 is 11.6 Å². The van der Waals surface area contributed by atoms with Crippen LogP contribution in [0.1, 0.15) is 29.9 Å². The minimum absolute atomic E-state index is 0.135. The summed E-state index contributed by atoms with van der Waals surface area (Å²) >= 11 is 6.00. The smallest absolute Gasteiger partial charge is 0.272 e. The second-order valence-electron chi connectivity index (χ2n) is 6.87. The van der Waals surface area contributed by atoms with E-state index in [1.54, 1.807) is 16.8 Å². The third-order valence-corrected chi connectivity index (χ3v) is 4.74. The van der Waals surface area contributed by atoms with Crippen molar-refractivity contribution >= 4 is 23.4 Å². The molecule has 0 aliphatic carbocycles. The van der Waals surface area contributed by atoms with Gasteiger partial charge in [-0.05, 0) is 49.2 Å². The Bertz CT molecular complexity index is 991. The van der Waals surface area contributed by atoms with Gasteiger partial charge >= 0.3 is 0 Å². The van der Waals surface area contributed by atoms with Crippen molar-refractivity contribution in [3.05, 3.63) is 65.1 Å². The van der Waals surface area contributed by atoms with E-state index in [2.05, 4.69) is 10.4 Å². The van der Waals surface area contributed by atoms with Crippen molar-refractivity contribution < 1.29 is 9.59 Å². The molecule has 0 spiro atoms. The molecule has 1 atom stereocenters. The molecule has 28 heavy (non-hydrogen) atoms. The van der Waals surface area contributed by atoms with Gasteiger partial charge in [0, 0.05) is 23.0 Å².